The number of nitrogens with zero attached hydrogens (tertiary/aromatic N) is 5. The first-order valence-electron chi connectivity index (χ1n) is 22.9. The summed E-state index contributed by atoms with van der Waals surface area (Å²) in [5.74, 6) is 1.67. The van der Waals surface area contributed by atoms with E-state index >= 15 is 0 Å². The van der Waals surface area contributed by atoms with Crippen molar-refractivity contribution in [2.45, 2.75) is 0 Å². The Bertz CT molecular complexity index is 4330. The SMILES string of the molecule is c1ccc(-c2ccc3cc(-c4nc(-c5ccc6c(-n7c8cc(-c9ccccc9)ccc8c8ccc9ccccc9c87)cccc6c5)nc(-c5cccc6c5oc5ncccc56)n4)ccc3c2)cc1. The summed E-state index contributed by atoms with van der Waals surface area (Å²) in [6.45, 7) is 0. The maximum atomic E-state index is 6.45. The van der Waals surface area contributed by atoms with Crippen LogP contribution in [0.5, 0.6) is 0 Å². The molecule has 0 atom stereocenters. The molecule has 0 aliphatic rings. The number of furan rings is 1. The molecule has 0 bridgehead atoms. The summed E-state index contributed by atoms with van der Waals surface area (Å²) < 4.78 is 8.91. The van der Waals surface area contributed by atoms with Crippen molar-refractivity contribution in [2.75, 3.05) is 0 Å². The zero-order chi connectivity index (χ0) is 44.7. The van der Waals surface area contributed by atoms with E-state index in [2.05, 4.69) is 198 Å². The number of para-hydroxylation sites is 1. The first-order chi connectivity index (χ1) is 33.7. The fraction of sp³-hybridized carbons (Fsp3) is 0. The predicted octanol–water partition coefficient (Wildman–Crippen LogP) is 16.1. The van der Waals surface area contributed by atoms with Gasteiger partial charge in [-0.15, -0.1) is 0 Å². The third-order valence-corrected chi connectivity index (χ3v) is 13.5. The van der Waals surface area contributed by atoms with E-state index in [1.165, 1.54) is 49.3 Å². The summed E-state index contributed by atoms with van der Waals surface area (Å²) in [7, 11) is 0. The Hall–Kier alpha value is -9.26. The Labute approximate surface area is 390 Å². The lowest BCUT2D eigenvalue weighted by atomic mass is 10.00. The van der Waals surface area contributed by atoms with Gasteiger partial charge in [0.05, 0.1) is 22.3 Å². The van der Waals surface area contributed by atoms with Crippen LogP contribution in [0, 0.1) is 0 Å². The fourth-order valence-electron chi connectivity index (χ4n) is 10.2. The van der Waals surface area contributed by atoms with Crippen LogP contribution < -0.4 is 0 Å². The number of aromatic nitrogens is 5. The number of rotatable bonds is 6. The first-order valence-corrected chi connectivity index (χ1v) is 22.9. The molecular formula is C62H37N5O. The molecule has 6 heteroatoms. The van der Waals surface area contributed by atoms with Crippen LogP contribution in [0.1, 0.15) is 0 Å². The van der Waals surface area contributed by atoms with Gasteiger partial charge < -0.3 is 8.98 Å². The second-order valence-electron chi connectivity index (χ2n) is 17.4. The summed E-state index contributed by atoms with van der Waals surface area (Å²) in [5.41, 5.74) is 12.0. The molecule has 0 spiro atoms. The van der Waals surface area contributed by atoms with Crippen molar-refractivity contribution in [2.24, 2.45) is 0 Å². The standard InChI is InChI=1S/C62H37N5O/c1-3-12-38(13-4-1)41-23-24-43-35-46(26-25-42(43)34-41)59-64-60(66-61(65-59)54-20-10-19-52-53-21-11-33-63-62(53)68-58(52)54)47-29-30-48-45(36-47)17-9-22-55(48)67-56-37-44(39-14-5-2-6-15-39)28-31-50(56)51-32-27-40-16-7-8-18-49(40)57(51)67/h1-37H. The maximum Gasteiger partial charge on any atom is 0.227 e. The van der Waals surface area contributed by atoms with E-state index in [4.69, 9.17) is 19.4 Å². The van der Waals surface area contributed by atoms with E-state index < -0.39 is 0 Å². The highest BCUT2D eigenvalue weighted by Crippen LogP contribution is 2.41. The van der Waals surface area contributed by atoms with Crippen molar-refractivity contribution in [1.82, 2.24) is 24.5 Å². The molecule has 316 valence electrons. The second-order valence-corrected chi connectivity index (χ2v) is 17.4. The van der Waals surface area contributed by atoms with Gasteiger partial charge in [-0.2, -0.15) is 0 Å². The lowest BCUT2D eigenvalue weighted by Gasteiger charge is -2.14. The van der Waals surface area contributed by atoms with Crippen molar-refractivity contribution < 1.29 is 4.42 Å². The van der Waals surface area contributed by atoms with Crippen LogP contribution in [0.4, 0.5) is 0 Å². The molecule has 68 heavy (non-hydrogen) atoms. The van der Waals surface area contributed by atoms with Crippen LogP contribution in [0.2, 0.25) is 0 Å². The third-order valence-electron chi connectivity index (χ3n) is 13.5. The molecule has 0 saturated carbocycles. The molecule has 14 aromatic rings. The molecule has 4 heterocycles. The highest BCUT2D eigenvalue weighted by Gasteiger charge is 2.21. The first kappa shape index (κ1) is 38.1. The van der Waals surface area contributed by atoms with Gasteiger partial charge in [0.25, 0.3) is 0 Å². The minimum atomic E-state index is 0.523. The van der Waals surface area contributed by atoms with Crippen LogP contribution in [0.15, 0.2) is 229 Å². The van der Waals surface area contributed by atoms with Crippen molar-refractivity contribution in [3.8, 4) is 62.1 Å². The number of fused-ring (bicyclic) bond motifs is 10. The van der Waals surface area contributed by atoms with E-state index in [-0.39, 0.29) is 0 Å². The number of hydrogen-bond acceptors (Lipinski definition) is 5. The average molecular weight is 868 g/mol. The number of hydrogen-bond donors (Lipinski definition) is 0. The lowest BCUT2D eigenvalue weighted by Crippen LogP contribution is -2.01. The minimum Gasteiger partial charge on any atom is -0.437 e. The molecule has 6 nitrogen and oxygen atoms in total. The molecular weight excluding hydrogens is 831 g/mol. The Balaban J connectivity index is 0.960. The molecule has 0 radical (unpaired) electrons. The van der Waals surface area contributed by atoms with Crippen LogP contribution in [-0.2, 0) is 0 Å². The Kier molecular flexibility index (Phi) is 8.48. The Morgan fingerprint density at radius 1 is 0.338 bits per heavy atom. The molecule has 0 saturated heterocycles. The third kappa shape index (κ3) is 6.12. The highest BCUT2D eigenvalue weighted by atomic mass is 16.3. The van der Waals surface area contributed by atoms with Gasteiger partial charge in [-0.3, -0.25) is 0 Å². The average Bonchev–Trinajstić information content (AvgIpc) is 3.96. The number of pyridine rings is 1. The van der Waals surface area contributed by atoms with Crippen molar-refractivity contribution in [3.63, 3.8) is 0 Å². The van der Waals surface area contributed by atoms with E-state index in [1.54, 1.807) is 6.20 Å². The van der Waals surface area contributed by atoms with Crippen LogP contribution >= 0.6 is 0 Å². The Morgan fingerprint density at radius 2 is 0.912 bits per heavy atom. The molecule has 0 aliphatic carbocycles. The molecule has 0 N–H and O–H groups in total. The summed E-state index contributed by atoms with van der Waals surface area (Å²) in [6.07, 6.45) is 1.75. The molecule has 14 rings (SSSR count). The van der Waals surface area contributed by atoms with Crippen LogP contribution in [-0.4, -0.2) is 24.5 Å². The summed E-state index contributed by atoms with van der Waals surface area (Å²) in [6, 6.07) is 77.4. The summed E-state index contributed by atoms with van der Waals surface area (Å²) >= 11 is 0. The minimum absolute atomic E-state index is 0.523. The number of benzene rings is 10. The van der Waals surface area contributed by atoms with Gasteiger partial charge in [0.2, 0.25) is 5.71 Å². The van der Waals surface area contributed by atoms with Gasteiger partial charge in [-0.05, 0) is 92.3 Å². The van der Waals surface area contributed by atoms with Gasteiger partial charge in [0.1, 0.15) is 5.58 Å². The molecule has 0 fully saturated rings. The van der Waals surface area contributed by atoms with E-state index in [1.807, 2.05) is 30.3 Å². The van der Waals surface area contributed by atoms with Gasteiger partial charge >= 0.3 is 0 Å². The van der Waals surface area contributed by atoms with Gasteiger partial charge in [0, 0.05) is 49.6 Å². The van der Waals surface area contributed by atoms with Crippen LogP contribution in [0.25, 0.3) is 138 Å². The molecule has 0 amide bonds. The van der Waals surface area contributed by atoms with Gasteiger partial charge in [-0.1, -0.05) is 170 Å². The topological polar surface area (TPSA) is 69.6 Å². The Morgan fingerprint density at radius 3 is 1.72 bits per heavy atom. The predicted molar refractivity (Wildman–Crippen MR) is 279 cm³/mol. The zero-order valence-electron chi connectivity index (χ0n) is 36.5. The van der Waals surface area contributed by atoms with E-state index in [9.17, 15) is 0 Å². The van der Waals surface area contributed by atoms with Crippen molar-refractivity contribution in [1.29, 1.82) is 0 Å². The van der Waals surface area contributed by atoms with Crippen molar-refractivity contribution in [3.05, 3.63) is 225 Å². The summed E-state index contributed by atoms with van der Waals surface area (Å²) in [5, 5.41) is 11.2. The van der Waals surface area contributed by atoms with E-state index in [0.29, 0.717) is 28.8 Å². The van der Waals surface area contributed by atoms with Crippen LogP contribution in [0.3, 0.4) is 0 Å². The second kappa shape index (κ2) is 15.2. The van der Waals surface area contributed by atoms with E-state index in [0.717, 1.165) is 60.2 Å². The molecule has 0 unspecified atom stereocenters. The summed E-state index contributed by atoms with van der Waals surface area (Å²) in [4.78, 5) is 20.3. The zero-order valence-corrected chi connectivity index (χ0v) is 36.5. The monoisotopic (exact) mass is 867 g/mol. The van der Waals surface area contributed by atoms with Crippen molar-refractivity contribution >= 4 is 76.2 Å². The van der Waals surface area contributed by atoms with Gasteiger partial charge in [-0.25, -0.2) is 19.9 Å². The fourth-order valence-corrected chi connectivity index (χ4v) is 10.2. The smallest absolute Gasteiger partial charge is 0.227 e. The molecule has 0 aliphatic heterocycles. The maximum absolute atomic E-state index is 6.45. The molecule has 10 aromatic carbocycles. The molecule has 4 aromatic heterocycles. The highest BCUT2D eigenvalue weighted by molar-refractivity contribution is 6.20. The van der Waals surface area contributed by atoms with Gasteiger partial charge in [0.15, 0.2) is 17.5 Å². The normalized spacial score (nSPS) is 11.8. The quantitative estimate of drug-likeness (QED) is 0.166. The lowest BCUT2D eigenvalue weighted by molar-refractivity contribution is 0.654. The largest absolute Gasteiger partial charge is 0.437 e.